The summed E-state index contributed by atoms with van der Waals surface area (Å²) in [5.41, 5.74) is 2.29. The first-order valence-electron chi connectivity index (χ1n) is 6.60. The topological polar surface area (TPSA) is 22.1 Å². The summed E-state index contributed by atoms with van der Waals surface area (Å²) in [4.78, 5) is 3.65. The van der Waals surface area contributed by atoms with Gasteiger partial charge in [-0.1, -0.05) is 25.1 Å². The molecule has 0 bridgehead atoms. The smallest absolute Gasteiger partial charge is 0.212 e. The van der Waals surface area contributed by atoms with Gasteiger partial charge in [-0.25, -0.2) is 4.98 Å². The minimum absolute atomic E-state index is 0.429. The van der Waals surface area contributed by atoms with Gasteiger partial charge in [-0.05, 0) is 48.6 Å². The predicted molar refractivity (Wildman–Crippen MR) is 73.8 cm³/mol. The van der Waals surface area contributed by atoms with Crippen molar-refractivity contribution in [3.05, 3.63) is 59.7 Å². The SMILES string of the molecule is CCCOc1ccc(CCc2ccc(F)nc2)cc1. The van der Waals surface area contributed by atoms with E-state index in [1.807, 2.05) is 12.1 Å². The van der Waals surface area contributed by atoms with Crippen molar-refractivity contribution in [1.82, 2.24) is 4.98 Å². The van der Waals surface area contributed by atoms with E-state index in [0.29, 0.717) is 0 Å². The summed E-state index contributed by atoms with van der Waals surface area (Å²) < 4.78 is 18.2. The van der Waals surface area contributed by atoms with Crippen LogP contribution in [-0.2, 0) is 12.8 Å². The first-order valence-corrected chi connectivity index (χ1v) is 6.60. The Balaban J connectivity index is 1.87. The summed E-state index contributed by atoms with van der Waals surface area (Å²) >= 11 is 0. The number of aromatic nitrogens is 1. The molecule has 100 valence electrons. The predicted octanol–water partition coefficient (Wildman–Crippen LogP) is 3.79. The van der Waals surface area contributed by atoms with Crippen LogP contribution in [0.4, 0.5) is 4.39 Å². The number of hydrogen-bond donors (Lipinski definition) is 0. The van der Waals surface area contributed by atoms with Crippen molar-refractivity contribution in [2.75, 3.05) is 6.61 Å². The largest absolute Gasteiger partial charge is 0.494 e. The highest BCUT2D eigenvalue weighted by Crippen LogP contribution is 2.14. The molecule has 2 rings (SSSR count). The van der Waals surface area contributed by atoms with Gasteiger partial charge in [0.25, 0.3) is 0 Å². The van der Waals surface area contributed by atoms with Crippen LogP contribution in [0, 0.1) is 5.95 Å². The third-order valence-electron chi connectivity index (χ3n) is 2.89. The second kappa shape index (κ2) is 6.88. The van der Waals surface area contributed by atoms with Crippen LogP contribution < -0.4 is 4.74 Å². The Hall–Kier alpha value is -1.90. The monoisotopic (exact) mass is 259 g/mol. The van der Waals surface area contributed by atoms with Gasteiger partial charge in [-0.3, -0.25) is 0 Å². The highest BCUT2D eigenvalue weighted by atomic mass is 19.1. The van der Waals surface area contributed by atoms with Gasteiger partial charge in [0.05, 0.1) is 6.61 Å². The average Bonchev–Trinajstić information content (AvgIpc) is 2.46. The fraction of sp³-hybridized carbons (Fsp3) is 0.312. The summed E-state index contributed by atoms with van der Waals surface area (Å²) in [6.07, 6.45) is 4.39. The van der Waals surface area contributed by atoms with Gasteiger partial charge in [0.15, 0.2) is 0 Å². The third kappa shape index (κ3) is 4.36. The standard InChI is InChI=1S/C16H18FNO/c1-2-11-19-15-8-5-13(6-9-15)3-4-14-7-10-16(17)18-12-14/h5-10,12H,2-4,11H2,1H3. The zero-order chi connectivity index (χ0) is 13.5. The normalized spacial score (nSPS) is 10.4. The van der Waals surface area contributed by atoms with Crippen LogP contribution in [0.15, 0.2) is 42.6 Å². The van der Waals surface area contributed by atoms with E-state index in [1.165, 1.54) is 11.6 Å². The summed E-state index contributed by atoms with van der Waals surface area (Å²) in [6.45, 7) is 2.84. The molecule has 0 fully saturated rings. The molecular weight excluding hydrogens is 241 g/mol. The quantitative estimate of drug-likeness (QED) is 0.736. The van der Waals surface area contributed by atoms with Crippen molar-refractivity contribution in [2.45, 2.75) is 26.2 Å². The minimum Gasteiger partial charge on any atom is -0.494 e. The molecule has 0 N–H and O–H groups in total. The molecule has 0 saturated carbocycles. The fourth-order valence-electron chi connectivity index (χ4n) is 1.82. The molecule has 2 aromatic rings. The van der Waals surface area contributed by atoms with Crippen LogP contribution in [0.3, 0.4) is 0 Å². The van der Waals surface area contributed by atoms with E-state index in [-0.39, 0.29) is 0 Å². The van der Waals surface area contributed by atoms with Gasteiger partial charge >= 0.3 is 0 Å². The molecule has 0 radical (unpaired) electrons. The van der Waals surface area contributed by atoms with Crippen LogP contribution in [0.2, 0.25) is 0 Å². The van der Waals surface area contributed by atoms with E-state index < -0.39 is 5.95 Å². The van der Waals surface area contributed by atoms with Crippen LogP contribution >= 0.6 is 0 Å². The molecular formula is C16H18FNO. The lowest BCUT2D eigenvalue weighted by Gasteiger charge is -2.06. The summed E-state index contributed by atoms with van der Waals surface area (Å²) in [5.74, 6) is 0.482. The number of halogens is 1. The highest BCUT2D eigenvalue weighted by Gasteiger charge is 1.98. The lowest BCUT2D eigenvalue weighted by molar-refractivity contribution is 0.317. The van der Waals surface area contributed by atoms with E-state index in [4.69, 9.17) is 4.74 Å². The number of rotatable bonds is 6. The van der Waals surface area contributed by atoms with Gasteiger partial charge in [0.2, 0.25) is 5.95 Å². The molecule has 19 heavy (non-hydrogen) atoms. The molecule has 0 aliphatic rings. The zero-order valence-corrected chi connectivity index (χ0v) is 11.1. The molecule has 3 heteroatoms. The molecule has 1 aromatic heterocycles. The molecule has 2 nitrogen and oxygen atoms in total. The second-order valence-electron chi connectivity index (χ2n) is 4.48. The first kappa shape index (κ1) is 13.5. The highest BCUT2D eigenvalue weighted by molar-refractivity contribution is 5.28. The second-order valence-corrected chi connectivity index (χ2v) is 4.48. The van der Waals surface area contributed by atoms with Crippen molar-refractivity contribution in [3.63, 3.8) is 0 Å². The molecule has 0 unspecified atom stereocenters. The van der Waals surface area contributed by atoms with Gasteiger partial charge in [-0.15, -0.1) is 0 Å². The average molecular weight is 259 g/mol. The molecule has 0 aliphatic carbocycles. The zero-order valence-electron chi connectivity index (χ0n) is 11.1. The maximum absolute atomic E-state index is 12.7. The molecule has 0 atom stereocenters. The third-order valence-corrected chi connectivity index (χ3v) is 2.89. The Bertz CT molecular complexity index is 493. The minimum atomic E-state index is -0.429. The maximum Gasteiger partial charge on any atom is 0.212 e. The van der Waals surface area contributed by atoms with Gasteiger partial charge in [-0.2, -0.15) is 4.39 Å². The number of nitrogens with zero attached hydrogens (tertiary/aromatic N) is 1. The Morgan fingerprint density at radius 2 is 1.68 bits per heavy atom. The Morgan fingerprint density at radius 3 is 2.32 bits per heavy atom. The van der Waals surface area contributed by atoms with E-state index in [2.05, 4.69) is 24.0 Å². The number of benzene rings is 1. The van der Waals surface area contributed by atoms with Crippen LogP contribution in [0.25, 0.3) is 0 Å². The Labute approximate surface area is 113 Å². The van der Waals surface area contributed by atoms with Crippen molar-refractivity contribution in [1.29, 1.82) is 0 Å². The molecule has 1 heterocycles. The van der Waals surface area contributed by atoms with Crippen molar-refractivity contribution in [3.8, 4) is 5.75 Å². The fourth-order valence-corrected chi connectivity index (χ4v) is 1.82. The number of pyridine rings is 1. The number of ether oxygens (including phenoxy) is 1. The van der Waals surface area contributed by atoms with E-state index in [9.17, 15) is 4.39 Å². The lowest BCUT2D eigenvalue weighted by atomic mass is 10.1. The van der Waals surface area contributed by atoms with Crippen LogP contribution in [0.1, 0.15) is 24.5 Å². The summed E-state index contributed by atoms with van der Waals surface area (Å²) in [7, 11) is 0. The molecule has 0 amide bonds. The first-order chi connectivity index (χ1) is 9.28. The Kier molecular flexibility index (Phi) is 4.90. The van der Waals surface area contributed by atoms with Crippen molar-refractivity contribution in [2.24, 2.45) is 0 Å². The summed E-state index contributed by atoms with van der Waals surface area (Å²) in [5, 5.41) is 0. The molecule has 0 spiro atoms. The van der Waals surface area contributed by atoms with Crippen LogP contribution in [-0.4, -0.2) is 11.6 Å². The van der Waals surface area contributed by atoms with Gasteiger partial charge in [0.1, 0.15) is 5.75 Å². The number of hydrogen-bond acceptors (Lipinski definition) is 2. The van der Waals surface area contributed by atoms with Crippen molar-refractivity contribution >= 4 is 0 Å². The Morgan fingerprint density at radius 1 is 1.00 bits per heavy atom. The molecule has 0 aliphatic heterocycles. The van der Waals surface area contributed by atoms with Gasteiger partial charge in [0, 0.05) is 6.20 Å². The lowest BCUT2D eigenvalue weighted by Crippen LogP contribution is -1.96. The van der Waals surface area contributed by atoms with E-state index in [1.54, 1.807) is 12.3 Å². The van der Waals surface area contributed by atoms with Gasteiger partial charge < -0.3 is 4.74 Å². The van der Waals surface area contributed by atoms with E-state index in [0.717, 1.165) is 37.2 Å². The summed E-state index contributed by atoms with van der Waals surface area (Å²) in [6, 6.07) is 11.3. The maximum atomic E-state index is 12.7. The molecule has 1 aromatic carbocycles. The van der Waals surface area contributed by atoms with Crippen LogP contribution in [0.5, 0.6) is 5.75 Å². The number of aryl methyl sites for hydroxylation is 2. The van der Waals surface area contributed by atoms with E-state index >= 15 is 0 Å². The van der Waals surface area contributed by atoms with Crippen molar-refractivity contribution < 1.29 is 9.13 Å². The molecule has 0 saturated heterocycles.